The average Bonchev–Trinajstić information content (AvgIpc) is 2.61. The fourth-order valence-electron chi connectivity index (χ4n) is 3.17. The van der Waals surface area contributed by atoms with Gasteiger partial charge in [0.05, 0.1) is 0 Å². The van der Waals surface area contributed by atoms with Gasteiger partial charge in [-0.05, 0) is 59.2 Å². The molecule has 0 bridgehead atoms. The first-order valence-electron chi connectivity index (χ1n) is 10.1. The molecule has 0 saturated carbocycles. The van der Waals surface area contributed by atoms with Crippen molar-refractivity contribution in [2.24, 2.45) is 4.99 Å². The van der Waals surface area contributed by atoms with Gasteiger partial charge in [-0.25, -0.2) is 0 Å². The number of piperazine rings is 1. The molecule has 0 radical (unpaired) electrons. The number of unbranched alkanes of at least 4 members (excludes halogenated alkanes) is 1. The Bertz CT molecular complexity index is 533. The van der Waals surface area contributed by atoms with Gasteiger partial charge in [-0.2, -0.15) is 0 Å². The lowest BCUT2D eigenvalue weighted by Gasteiger charge is -2.36. The van der Waals surface area contributed by atoms with Crippen molar-refractivity contribution in [3.8, 4) is 0 Å². The number of anilines is 1. The molecular formula is C21H38IN5. The molecular weight excluding hydrogens is 449 g/mol. The first kappa shape index (κ1) is 24.0. The highest BCUT2D eigenvalue weighted by Crippen LogP contribution is 2.15. The van der Waals surface area contributed by atoms with Crippen LogP contribution < -0.4 is 15.5 Å². The first-order valence-corrected chi connectivity index (χ1v) is 10.1. The highest BCUT2D eigenvalue weighted by Gasteiger charge is 2.16. The van der Waals surface area contributed by atoms with Crippen LogP contribution in [-0.2, 0) is 0 Å². The van der Waals surface area contributed by atoms with Crippen molar-refractivity contribution in [1.82, 2.24) is 15.5 Å². The first-order chi connectivity index (χ1) is 12.5. The second-order valence-electron chi connectivity index (χ2n) is 8.01. The van der Waals surface area contributed by atoms with E-state index in [0.717, 1.165) is 51.6 Å². The van der Waals surface area contributed by atoms with Gasteiger partial charge in [-0.1, -0.05) is 18.2 Å². The molecule has 1 aromatic carbocycles. The molecule has 154 valence electrons. The smallest absolute Gasteiger partial charge is 0.191 e. The van der Waals surface area contributed by atoms with E-state index in [9.17, 15) is 0 Å². The number of nitrogens with zero attached hydrogens (tertiary/aromatic N) is 3. The number of benzene rings is 1. The Labute approximate surface area is 183 Å². The molecule has 5 nitrogen and oxygen atoms in total. The minimum Gasteiger partial charge on any atom is -0.369 e. The molecule has 1 fully saturated rings. The Kier molecular flexibility index (Phi) is 11.1. The summed E-state index contributed by atoms with van der Waals surface area (Å²) in [5.41, 5.74) is 1.39. The largest absolute Gasteiger partial charge is 0.369 e. The predicted octanol–water partition coefficient (Wildman–Crippen LogP) is 3.56. The summed E-state index contributed by atoms with van der Waals surface area (Å²) in [6, 6.07) is 10.7. The van der Waals surface area contributed by atoms with E-state index in [2.05, 4.69) is 78.5 Å². The summed E-state index contributed by atoms with van der Waals surface area (Å²) in [6.45, 7) is 16.1. The van der Waals surface area contributed by atoms with Crippen molar-refractivity contribution in [3.63, 3.8) is 0 Å². The van der Waals surface area contributed by atoms with Gasteiger partial charge < -0.3 is 15.5 Å². The quantitative estimate of drug-likeness (QED) is 0.267. The Hall–Kier alpha value is -1.02. The van der Waals surface area contributed by atoms with Gasteiger partial charge in [0.15, 0.2) is 5.96 Å². The number of hydrogen-bond acceptors (Lipinski definition) is 3. The Morgan fingerprint density at radius 1 is 1.04 bits per heavy atom. The third-order valence-electron chi connectivity index (χ3n) is 4.48. The van der Waals surface area contributed by atoms with Crippen LogP contribution in [0.1, 0.15) is 40.5 Å². The summed E-state index contributed by atoms with van der Waals surface area (Å²) < 4.78 is 0. The highest BCUT2D eigenvalue weighted by molar-refractivity contribution is 14.0. The molecule has 1 heterocycles. The fraction of sp³-hybridized carbons (Fsp3) is 0.667. The molecule has 0 amide bonds. The van der Waals surface area contributed by atoms with E-state index < -0.39 is 0 Å². The van der Waals surface area contributed by atoms with E-state index in [0.29, 0.717) is 0 Å². The Balaban J connectivity index is 0.00000364. The van der Waals surface area contributed by atoms with Crippen LogP contribution >= 0.6 is 24.0 Å². The molecule has 6 heteroatoms. The number of aliphatic imine (C=N–C) groups is 1. The standard InChI is InChI=1S/C21H37N5.HI/c1-5-22-20(24-21(2,3)4)23-13-9-10-14-25-15-17-26(18-16-25)19-11-7-6-8-12-19;/h6-8,11-12H,5,9-10,13-18H2,1-4H3,(H2,22,23,24);1H. The highest BCUT2D eigenvalue weighted by atomic mass is 127. The van der Waals surface area contributed by atoms with Crippen LogP contribution in [0.3, 0.4) is 0 Å². The zero-order valence-electron chi connectivity index (χ0n) is 17.5. The summed E-state index contributed by atoms with van der Waals surface area (Å²) in [4.78, 5) is 9.77. The van der Waals surface area contributed by atoms with Gasteiger partial charge in [0.25, 0.3) is 0 Å². The molecule has 2 N–H and O–H groups in total. The number of halogens is 1. The number of nitrogens with one attached hydrogen (secondary N) is 2. The van der Waals surface area contributed by atoms with E-state index in [4.69, 9.17) is 4.99 Å². The minimum atomic E-state index is 0. The monoisotopic (exact) mass is 487 g/mol. The number of rotatable bonds is 7. The number of guanidine groups is 1. The summed E-state index contributed by atoms with van der Waals surface area (Å²) in [6.07, 6.45) is 2.35. The predicted molar refractivity (Wildman–Crippen MR) is 129 cm³/mol. The van der Waals surface area contributed by atoms with Crippen LogP contribution in [0.2, 0.25) is 0 Å². The Morgan fingerprint density at radius 3 is 2.30 bits per heavy atom. The van der Waals surface area contributed by atoms with Crippen LogP contribution in [0.5, 0.6) is 0 Å². The van der Waals surface area contributed by atoms with E-state index in [-0.39, 0.29) is 29.5 Å². The lowest BCUT2D eigenvalue weighted by atomic mass is 10.1. The normalized spacial score (nSPS) is 16.0. The van der Waals surface area contributed by atoms with Gasteiger partial charge in [-0.15, -0.1) is 24.0 Å². The topological polar surface area (TPSA) is 42.9 Å². The van der Waals surface area contributed by atoms with Crippen LogP contribution in [0.4, 0.5) is 5.69 Å². The van der Waals surface area contributed by atoms with E-state index >= 15 is 0 Å². The van der Waals surface area contributed by atoms with Gasteiger partial charge in [0.1, 0.15) is 0 Å². The number of para-hydroxylation sites is 1. The van der Waals surface area contributed by atoms with Crippen molar-refractivity contribution >= 4 is 35.6 Å². The maximum atomic E-state index is 4.70. The lowest BCUT2D eigenvalue weighted by molar-refractivity contribution is 0.253. The SMILES string of the molecule is CCNC(=NCCCCN1CCN(c2ccccc2)CC1)NC(C)(C)C.I. The van der Waals surface area contributed by atoms with Crippen molar-refractivity contribution in [2.45, 2.75) is 46.1 Å². The summed E-state index contributed by atoms with van der Waals surface area (Å²) in [5, 5.41) is 6.76. The maximum Gasteiger partial charge on any atom is 0.191 e. The zero-order valence-corrected chi connectivity index (χ0v) is 19.8. The van der Waals surface area contributed by atoms with Crippen molar-refractivity contribution in [2.75, 3.05) is 50.7 Å². The van der Waals surface area contributed by atoms with E-state index in [1.807, 2.05) is 0 Å². The summed E-state index contributed by atoms with van der Waals surface area (Å²) >= 11 is 0. The molecule has 0 unspecified atom stereocenters. The van der Waals surface area contributed by atoms with Gasteiger partial charge in [-0.3, -0.25) is 9.89 Å². The molecule has 2 rings (SSSR count). The third kappa shape index (κ3) is 9.65. The van der Waals surface area contributed by atoms with Gasteiger partial charge in [0, 0.05) is 50.5 Å². The summed E-state index contributed by atoms with van der Waals surface area (Å²) in [5.74, 6) is 0.927. The zero-order chi connectivity index (χ0) is 18.8. The lowest BCUT2D eigenvalue weighted by Crippen LogP contribution is -2.47. The molecule has 1 aromatic rings. The molecule has 1 saturated heterocycles. The Morgan fingerprint density at radius 2 is 1.70 bits per heavy atom. The molecule has 0 atom stereocenters. The van der Waals surface area contributed by atoms with Crippen molar-refractivity contribution in [3.05, 3.63) is 30.3 Å². The second-order valence-corrected chi connectivity index (χ2v) is 8.01. The van der Waals surface area contributed by atoms with Gasteiger partial charge >= 0.3 is 0 Å². The molecule has 1 aliphatic rings. The van der Waals surface area contributed by atoms with E-state index in [1.54, 1.807) is 0 Å². The van der Waals surface area contributed by atoms with E-state index in [1.165, 1.54) is 18.7 Å². The molecule has 1 aliphatic heterocycles. The molecule has 0 aliphatic carbocycles. The molecule has 27 heavy (non-hydrogen) atoms. The van der Waals surface area contributed by atoms with Crippen LogP contribution in [0.25, 0.3) is 0 Å². The number of hydrogen-bond donors (Lipinski definition) is 2. The van der Waals surface area contributed by atoms with Gasteiger partial charge in [0.2, 0.25) is 0 Å². The minimum absolute atomic E-state index is 0. The maximum absolute atomic E-state index is 4.70. The fourth-order valence-corrected chi connectivity index (χ4v) is 3.17. The third-order valence-corrected chi connectivity index (χ3v) is 4.48. The molecule has 0 aromatic heterocycles. The summed E-state index contributed by atoms with van der Waals surface area (Å²) in [7, 11) is 0. The van der Waals surface area contributed by atoms with Crippen molar-refractivity contribution in [1.29, 1.82) is 0 Å². The average molecular weight is 487 g/mol. The van der Waals surface area contributed by atoms with Crippen LogP contribution in [-0.4, -0.2) is 62.2 Å². The van der Waals surface area contributed by atoms with Crippen molar-refractivity contribution < 1.29 is 0 Å². The molecule has 0 spiro atoms. The second kappa shape index (κ2) is 12.4. The van der Waals surface area contributed by atoms with Crippen LogP contribution in [0, 0.1) is 0 Å². The van der Waals surface area contributed by atoms with Crippen LogP contribution in [0.15, 0.2) is 35.3 Å².